The fourth-order valence-corrected chi connectivity index (χ4v) is 3.22. The summed E-state index contributed by atoms with van der Waals surface area (Å²) in [6.45, 7) is 4.40. The van der Waals surface area contributed by atoms with Crippen LogP contribution in [0.15, 0.2) is 41.3 Å². The van der Waals surface area contributed by atoms with Gasteiger partial charge in [-0.05, 0) is 54.2 Å². The lowest BCUT2D eigenvalue weighted by Crippen LogP contribution is -2.33. The summed E-state index contributed by atoms with van der Waals surface area (Å²) >= 11 is 1.06. The summed E-state index contributed by atoms with van der Waals surface area (Å²) in [6.07, 6.45) is 1.61. The first-order valence-corrected chi connectivity index (χ1v) is 7.65. The van der Waals surface area contributed by atoms with Gasteiger partial charge in [0.15, 0.2) is 0 Å². The lowest BCUT2D eigenvalue weighted by Gasteiger charge is -2.10. The second kappa shape index (κ2) is 5.73. The smallest absolute Gasteiger partial charge is 0.333 e. The Labute approximate surface area is 131 Å². The molecule has 2 heterocycles. The molecule has 6 heteroatoms. The first kappa shape index (κ1) is 14.5. The molecule has 0 aliphatic carbocycles. The molecule has 0 fully saturated rings. The number of hydrogen-bond donors (Lipinski definition) is 1. The molecule has 0 saturated heterocycles. The van der Waals surface area contributed by atoms with Gasteiger partial charge in [-0.1, -0.05) is 18.2 Å². The van der Waals surface area contributed by atoms with E-state index in [1.54, 1.807) is 18.3 Å². The zero-order chi connectivity index (χ0) is 15.7. The molecule has 5 nitrogen and oxygen atoms in total. The van der Waals surface area contributed by atoms with Crippen molar-refractivity contribution in [2.45, 2.75) is 20.4 Å². The Morgan fingerprint density at radius 1 is 1.23 bits per heavy atom. The first-order valence-electron chi connectivity index (χ1n) is 6.88. The number of amides is 1. The van der Waals surface area contributed by atoms with Crippen LogP contribution in [0.4, 0.5) is 4.79 Å². The van der Waals surface area contributed by atoms with Gasteiger partial charge in [0.05, 0.1) is 5.39 Å². The first-order chi connectivity index (χ1) is 10.6. The number of aryl methyl sites for hydroxylation is 2. The topological polar surface area (TPSA) is 64.0 Å². The van der Waals surface area contributed by atoms with Gasteiger partial charge >= 0.3 is 6.03 Å². The number of hydrogen-bond acceptors (Lipinski definition) is 4. The molecule has 0 aliphatic rings. The molecule has 2 aromatic heterocycles. The molecule has 0 atom stereocenters. The third-order valence-electron chi connectivity index (χ3n) is 3.61. The predicted molar refractivity (Wildman–Crippen MR) is 87.4 cm³/mol. The highest BCUT2D eigenvalue weighted by Crippen LogP contribution is 2.14. The van der Waals surface area contributed by atoms with Crippen LogP contribution in [0.2, 0.25) is 0 Å². The minimum absolute atomic E-state index is 0.327. The van der Waals surface area contributed by atoms with Crippen molar-refractivity contribution in [3.8, 4) is 0 Å². The molecular weight excluding hydrogens is 298 g/mol. The molecule has 0 bridgehead atoms. The minimum Gasteiger partial charge on any atom is -0.333 e. The summed E-state index contributed by atoms with van der Waals surface area (Å²) in [4.78, 5) is 29.1. The van der Waals surface area contributed by atoms with Crippen LogP contribution < -0.4 is 10.9 Å². The van der Waals surface area contributed by atoms with Crippen LogP contribution in [-0.2, 0) is 6.54 Å². The van der Waals surface area contributed by atoms with Gasteiger partial charge in [0.25, 0.3) is 5.56 Å². The van der Waals surface area contributed by atoms with Crippen LogP contribution in [0.5, 0.6) is 0 Å². The van der Waals surface area contributed by atoms with Gasteiger partial charge in [-0.2, -0.15) is 3.96 Å². The number of benzene rings is 1. The second-order valence-corrected chi connectivity index (χ2v) is 6.01. The summed E-state index contributed by atoms with van der Waals surface area (Å²) in [5.74, 6) is 0. The monoisotopic (exact) mass is 313 g/mol. The lowest BCUT2D eigenvalue weighted by atomic mass is 10.0. The van der Waals surface area contributed by atoms with E-state index in [2.05, 4.69) is 10.3 Å². The third kappa shape index (κ3) is 2.53. The standard InChI is InChI=1S/C16H15N3O2S/c1-10-5-3-6-11(2)13(10)9-18-16(21)19-15(20)12-7-4-8-17-14(12)22-19/h3-8H,9H2,1-2H3,(H,18,21). The van der Waals surface area contributed by atoms with Gasteiger partial charge in [0.2, 0.25) is 0 Å². The predicted octanol–water partition coefficient (Wildman–Crippen LogP) is 2.83. The van der Waals surface area contributed by atoms with Gasteiger partial charge < -0.3 is 5.32 Å². The normalized spacial score (nSPS) is 10.8. The van der Waals surface area contributed by atoms with E-state index in [1.807, 2.05) is 32.0 Å². The van der Waals surface area contributed by atoms with E-state index >= 15 is 0 Å². The molecule has 112 valence electrons. The van der Waals surface area contributed by atoms with Gasteiger partial charge in [-0.3, -0.25) is 4.79 Å². The summed E-state index contributed by atoms with van der Waals surface area (Å²) < 4.78 is 1.12. The minimum atomic E-state index is -0.421. The fraction of sp³-hybridized carbons (Fsp3) is 0.188. The van der Waals surface area contributed by atoms with E-state index in [4.69, 9.17) is 0 Å². The Morgan fingerprint density at radius 3 is 2.64 bits per heavy atom. The van der Waals surface area contributed by atoms with Gasteiger partial charge in [0, 0.05) is 12.7 Å². The van der Waals surface area contributed by atoms with Crippen LogP contribution in [0.3, 0.4) is 0 Å². The highest BCUT2D eigenvalue weighted by Gasteiger charge is 2.14. The Balaban J connectivity index is 1.85. The molecule has 0 aliphatic heterocycles. The Kier molecular flexibility index (Phi) is 3.77. The molecule has 0 saturated carbocycles. The maximum atomic E-state index is 12.3. The van der Waals surface area contributed by atoms with Crippen LogP contribution in [-0.4, -0.2) is 15.0 Å². The molecule has 3 rings (SSSR count). The number of aromatic nitrogens is 2. The number of nitrogens with one attached hydrogen (secondary N) is 1. The number of carbonyl (C=O) groups is 1. The summed E-state index contributed by atoms with van der Waals surface area (Å²) in [6, 6.07) is 8.94. The zero-order valence-corrected chi connectivity index (χ0v) is 13.1. The van der Waals surface area contributed by atoms with Crippen LogP contribution in [0.25, 0.3) is 10.2 Å². The molecule has 1 amide bonds. The quantitative estimate of drug-likeness (QED) is 0.791. The van der Waals surface area contributed by atoms with Crippen molar-refractivity contribution in [2.24, 2.45) is 0 Å². The van der Waals surface area contributed by atoms with E-state index in [-0.39, 0.29) is 5.56 Å². The Morgan fingerprint density at radius 2 is 1.95 bits per heavy atom. The van der Waals surface area contributed by atoms with Crippen LogP contribution in [0, 0.1) is 13.8 Å². The van der Waals surface area contributed by atoms with Crippen molar-refractivity contribution < 1.29 is 4.79 Å². The SMILES string of the molecule is Cc1cccc(C)c1CNC(=O)n1sc2ncccc2c1=O. The summed E-state index contributed by atoms with van der Waals surface area (Å²) in [7, 11) is 0. The molecular formula is C16H15N3O2S. The second-order valence-electron chi connectivity index (χ2n) is 5.08. The number of nitrogens with zero attached hydrogens (tertiary/aromatic N) is 2. The molecule has 3 aromatic rings. The lowest BCUT2D eigenvalue weighted by molar-refractivity contribution is 0.243. The zero-order valence-electron chi connectivity index (χ0n) is 12.3. The van der Waals surface area contributed by atoms with E-state index in [9.17, 15) is 9.59 Å². The highest BCUT2D eigenvalue weighted by molar-refractivity contribution is 7.14. The van der Waals surface area contributed by atoms with Gasteiger partial charge in [-0.15, -0.1) is 0 Å². The fourth-order valence-electron chi connectivity index (χ4n) is 2.36. The molecule has 1 aromatic carbocycles. The van der Waals surface area contributed by atoms with Gasteiger partial charge in [-0.25, -0.2) is 9.78 Å². The van der Waals surface area contributed by atoms with Crippen molar-refractivity contribution >= 4 is 27.8 Å². The van der Waals surface area contributed by atoms with Crippen LogP contribution >= 0.6 is 11.5 Å². The summed E-state index contributed by atoms with van der Waals surface area (Å²) in [5.41, 5.74) is 2.98. The van der Waals surface area contributed by atoms with E-state index in [1.165, 1.54) is 0 Å². The molecule has 22 heavy (non-hydrogen) atoms. The number of pyridine rings is 1. The Bertz CT molecular complexity index is 891. The Hall–Kier alpha value is -2.47. The molecule has 1 N–H and O–H groups in total. The van der Waals surface area contributed by atoms with Crippen molar-refractivity contribution in [3.63, 3.8) is 0 Å². The van der Waals surface area contributed by atoms with E-state index in [0.29, 0.717) is 16.8 Å². The van der Waals surface area contributed by atoms with Crippen molar-refractivity contribution in [3.05, 3.63) is 63.6 Å². The average Bonchev–Trinajstić information content (AvgIpc) is 2.84. The van der Waals surface area contributed by atoms with Crippen LogP contribution in [0.1, 0.15) is 16.7 Å². The number of fused-ring (bicyclic) bond motifs is 1. The number of carbonyl (C=O) groups excluding carboxylic acids is 1. The third-order valence-corrected chi connectivity index (χ3v) is 4.62. The average molecular weight is 313 g/mol. The summed E-state index contributed by atoms with van der Waals surface area (Å²) in [5, 5.41) is 3.27. The molecule has 0 spiro atoms. The largest absolute Gasteiger partial charge is 0.338 e. The highest BCUT2D eigenvalue weighted by atomic mass is 32.1. The van der Waals surface area contributed by atoms with E-state index in [0.717, 1.165) is 32.2 Å². The maximum Gasteiger partial charge on any atom is 0.338 e. The number of rotatable bonds is 2. The maximum absolute atomic E-state index is 12.3. The van der Waals surface area contributed by atoms with E-state index < -0.39 is 6.03 Å². The van der Waals surface area contributed by atoms with Gasteiger partial charge in [0.1, 0.15) is 4.83 Å². The van der Waals surface area contributed by atoms with Crippen molar-refractivity contribution in [2.75, 3.05) is 0 Å². The molecule has 0 radical (unpaired) electrons. The van der Waals surface area contributed by atoms with Crippen molar-refractivity contribution in [1.29, 1.82) is 0 Å². The molecule has 0 unspecified atom stereocenters. The van der Waals surface area contributed by atoms with Crippen molar-refractivity contribution in [1.82, 2.24) is 14.3 Å².